The van der Waals surface area contributed by atoms with Gasteiger partial charge in [0.1, 0.15) is 11.5 Å². The minimum atomic E-state index is -0.403. The topological polar surface area (TPSA) is 9.23 Å². The Morgan fingerprint density at radius 1 is 0.235 bits per heavy atom. The second kappa shape index (κ2) is 9.62. The molecule has 0 heterocycles. The Hall–Kier alpha value is -6.44. The second-order valence-electron chi connectivity index (χ2n) is 14.3. The molecule has 12 rings (SSSR count). The minimum absolute atomic E-state index is 0.403. The summed E-state index contributed by atoms with van der Waals surface area (Å²) in [5, 5.41) is 0. The molecule has 4 aliphatic rings. The molecule has 0 saturated heterocycles. The van der Waals surface area contributed by atoms with Crippen LogP contribution in [0.4, 0.5) is 0 Å². The zero-order chi connectivity index (χ0) is 33.3. The Balaban J connectivity index is 1.05. The molecule has 1 nitrogen and oxygen atoms in total. The summed E-state index contributed by atoms with van der Waals surface area (Å²) < 4.78 is 6.98. The molecular weight excluding hydrogens is 617 g/mol. The first kappa shape index (κ1) is 27.4. The summed E-state index contributed by atoms with van der Waals surface area (Å²) in [5.41, 5.74) is 20.1. The maximum atomic E-state index is 6.98. The van der Waals surface area contributed by atoms with Crippen LogP contribution in [0, 0.1) is 0 Å². The number of ether oxygens (including phenoxy) is 1. The van der Waals surface area contributed by atoms with Crippen LogP contribution in [0.1, 0.15) is 44.5 Å². The van der Waals surface area contributed by atoms with Crippen LogP contribution < -0.4 is 4.74 Å². The molecule has 2 spiro atoms. The van der Waals surface area contributed by atoms with E-state index in [1.54, 1.807) is 0 Å². The number of benzene rings is 8. The molecule has 1 heteroatoms. The highest BCUT2D eigenvalue weighted by atomic mass is 16.5. The average molecular weight is 647 g/mol. The fourth-order valence-electron chi connectivity index (χ4n) is 10.4. The van der Waals surface area contributed by atoms with Crippen molar-refractivity contribution in [3.8, 4) is 56.0 Å². The molecule has 51 heavy (non-hydrogen) atoms. The Labute approximate surface area is 297 Å². The van der Waals surface area contributed by atoms with Crippen molar-refractivity contribution >= 4 is 0 Å². The van der Waals surface area contributed by atoms with E-state index in [0.717, 1.165) is 11.5 Å². The van der Waals surface area contributed by atoms with Gasteiger partial charge < -0.3 is 4.74 Å². The number of rotatable bonds is 2. The van der Waals surface area contributed by atoms with Gasteiger partial charge in [-0.1, -0.05) is 158 Å². The molecule has 0 amide bonds. The summed E-state index contributed by atoms with van der Waals surface area (Å²) in [6.07, 6.45) is 0. The normalized spacial score (nSPS) is 15.0. The molecule has 0 N–H and O–H groups in total. The predicted molar refractivity (Wildman–Crippen MR) is 206 cm³/mol. The molecule has 0 aliphatic heterocycles. The lowest BCUT2D eigenvalue weighted by Crippen LogP contribution is -2.26. The van der Waals surface area contributed by atoms with Crippen LogP contribution in [-0.2, 0) is 10.8 Å². The lowest BCUT2D eigenvalue weighted by molar-refractivity contribution is 0.480. The van der Waals surface area contributed by atoms with Crippen LogP contribution in [0.25, 0.3) is 44.5 Å². The average Bonchev–Trinajstić information content (AvgIpc) is 3.87. The van der Waals surface area contributed by atoms with Gasteiger partial charge in [-0.25, -0.2) is 0 Å². The Morgan fingerprint density at radius 2 is 0.471 bits per heavy atom. The van der Waals surface area contributed by atoms with Crippen LogP contribution in [0.5, 0.6) is 11.5 Å². The van der Waals surface area contributed by atoms with Gasteiger partial charge in [0.15, 0.2) is 0 Å². The summed E-state index contributed by atoms with van der Waals surface area (Å²) in [7, 11) is 0. The molecule has 0 unspecified atom stereocenters. The van der Waals surface area contributed by atoms with Crippen LogP contribution in [-0.4, -0.2) is 0 Å². The Kier molecular flexibility index (Phi) is 5.17. The molecular formula is C50H30O. The van der Waals surface area contributed by atoms with Gasteiger partial charge in [0, 0.05) is 0 Å². The van der Waals surface area contributed by atoms with Gasteiger partial charge in [0.2, 0.25) is 0 Å². The lowest BCUT2D eigenvalue weighted by atomic mass is 9.70. The van der Waals surface area contributed by atoms with Crippen LogP contribution >= 0.6 is 0 Å². The Bertz CT molecular complexity index is 2480. The standard InChI is InChI=1S/C50H30O/c1-7-19-41-33(13-1)34-14-2-8-20-42(34)49(41)45-23-11-5-17-37(45)39-27-25-31(29-47(39)49)51-32-26-28-40-38-18-6-12-24-46(38)50(48(40)30-32)43-21-9-3-15-35(43)36-16-4-10-22-44(36)50/h1-30H. The van der Waals surface area contributed by atoms with Crippen molar-refractivity contribution in [2.75, 3.05) is 0 Å². The second-order valence-corrected chi connectivity index (χ2v) is 14.3. The zero-order valence-electron chi connectivity index (χ0n) is 27.7. The van der Waals surface area contributed by atoms with Gasteiger partial charge >= 0.3 is 0 Å². The van der Waals surface area contributed by atoms with Gasteiger partial charge in [-0.05, 0) is 113 Å². The third kappa shape index (κ3) is 3.19. The van der Waals surface area contributed by atoms with Crippen molar-refractivity contribution in [1.82, 2.24) is 0 Å². The molecule has 0 radical (unpaired) electrons. The molecule has 0 bridgehead atoms. The van der Waals surface area contributed by atoms with Gasteiger partial charge in [-0.3, -0.25) is 0 Å². The van der Waals surface area contributed by atoms with Crippen molar-refractivity contribution in [3.05, 3.63) is 226 Å². The maximum Gasteiger partial charge on any atom is 0.127 e. The number of hydrogen-bond acceptors (Lipinski definition) is 1. The van der Waals surface area contributed by atoms with E-state index in [2.05, 4.69) is 182 Å². The zero-order valence-corrected chi connectivity index (χ0v) is 27.7. The third-order valence-electron chi connectivity index (χ3n) is 12.2. The van der Waals surface area contributed by atoms with E-state index in [9.17, 15) is 0 Å². The number of fused-ring (bicyclic) bond motifs is 20. The third-order valence-corrected chi connectivity index (χ3v) is 12.2. The maximum absolute atomic E-state index is 6.98. The molecule has 0 saturated carbocycles. The summed E-state index contributed by atoms with van der Waals surface area (Å²) >= 11 is 0. The quantitative estimate of drug-likeness (QED) is 0.182. The first-order valence-corrected chi connectivity index (χ1v) is 17.8. The fourth-order valence-corrected chi connectivity index (χ4v) is 10.4. The molecule has 4 aliphatic carbocycles. The van der Waals surface area contributed by atoms with Crippen molar-refractivity contribution in [2.24, 2.45) is 0 Å². The number of hydrogen-bond donors (Lipinski definition) is 0. The van der Waals surface area contributed by atoms with Crippen molar-refractivity contribution in [3.63, 3.8) is 0 Å². The Morgan fingerprint density at radius 3 is 0.745 bits per heavy atom. The van der Waals surface area contributed by atoms with E-state index >= 15 is 0 Å². The van der Waals surface area contributed by atoms with E-state index in [0.29, 0.717) is 0 Å². The van der Waals surface area contributed by atoms with Crippen molar-refractivity contribution < 1.29 is 4.74 Å². The van der Waals surface area contributed by atoms with E-state index in [1.165, 1.54) is 89.0 Å². The van der Waals surface area contributed by atoms with Crippen molar-refractivity contribution in [2.45, 2.75) is 10.8 Å². The summed E-state index contributed by atoms with van der Waals surface area (Å²) in [6, 6.07) is 67.2. The molecule has 8 aromatic carbocycles. The summed E-state index contributed by atoms with van der Waals surface area (Å²) in [6.45, 7) is 0. The van der Waals surface area contributed by atoms with Gasteiger partial charge in [-0.2, -0.15) is 0 Å². The highest BCUT2D eigenvalue weighted by Crippen LogP contribution is 2.65. The summed E-state index contributed by atoms with van der Waals surface area (Å²) in [4.78, 5) is 0. The van der Waals surface area contributed by atoms with Gasteiger partial charge in [0.05, 0.1) is 10.8 Å². The highest BCUT2D eigenvalue weighted by Gasteiger charge is 2.53. The first-order valence-electron chi connectivity index (χ1n) is 17.8. The van der Waals surface area contributed by atoms with Crippen molar-refractivity contribution in [1.29, 1.82) is 0 Å². The highest BCUT2D eigenvalue weighted by molar-refractivity contribution is 5.97. The van der Waals surface area contributed by atoms with Crippen LogP contribution in [0.3, 0.4) is 0 Å². The largest absolute Gasteiger partial charge is 0.457 e. The van der Waals surface area contributed by atoms with E-state index in [1.807, 2.05) is 0 Å². The molecule has 0 fully saturated rings. The van der Waals surface area contributed by atoms with Gasteiger partial charge in [0.25, 0.3) is 0 Å². The lowest BCUT2D eigenvalue weighted by Gasteiger charge is -2.31. The fraction of sp³-hybridized carbons (Fsp3) is 0.0400. The molecule has 8 aromatic rings. The molecule has 236 valence electrons. The van der Waals surface area contributed by atoms with E-state index < -0.39 is 10.8 Å². The van der Waals surface area contributed by atoms with Gasteiger partial charge in [-0.15, -0.1) is 0 Å². The smallest absolute Gasteiger partial charge is 0.127 e. The van der Waals surface area contributed by atoms with Crippen LogP contribution in [0.15, 0.2) is 182 Å². The summed E-state index contributed by atoms with van der Waals surface area (Å²) in [5.74, 6) is 1.69. The monoisotopic (exact) mass is 646 g/mol. The predicted octanol–water partition coefficient (Wildman–Crippen LogP) is 12.2. The van der Waals surface area contributed by atoms with E-state index in [4.69, 9.17) is 4.74 Å². The SMILES string of the molecule is c1ccc2c(c1)-c1ccccc1C21c2ccccc2-c2ccc(Oc3ccc4c(c3)C3(c5ccccc5-c5ccccc53)c3ccccc3-4)cc21. The van der Waals surface area contributed by atoms with E-state index in [-0.39, 0.29) is 0 Å². The van der Waals surface area contributed by atoms with Crippen LogP contribution in [0.2, 0.25) is 0 Å². The molecule has 0 aromatic heterocycles. The first-order chi connectivity index (χ1) is 25.3. The molecule has 0 atom stereocenters. The minimum Gasteiger partial charge on any atom is -0.457 e.